The maximum absolute atomic E-state index is 12.6. The zero-order valence-corrected chi connectivity index (χ0v) is 10.9. The second kappa shape index (κ2) is 5.05. The second-order valence-corrected chi connectivity index (χ2v) is 4.30. The molecule has 0 amide bonds. The van der Waals surface area contributed by atoms with Crippen LogP contribution in [0.2, 0.25) is 0 Å². The Bertz CT molecular complexity index is 585. The molecule has 0 heterocycles. The number of rotatable bonds is 3. The van der Waals surface area contributed by atoms with Crippen molar-refractivity contribution in [3.8, 4) is 5.75 Å². The Labute approximate surface area is 107 Å². The zero-order valence-electron chi connectivity index (χ0n) is 10.9. The number of carbonyl (C=O) groups excluding carboxylic acids is 1. The number of hydrogen-bond acceptors (Lipinski definition) is 2. The minimum Gasteiger partial charge on any atom is -0.496 e. The van der Waals surface area contributed by atoms with Gasteiger partial charge >= 0.3 is 0 Å². The van der Waals surface area contributed by atoms with Gasteiger partial charge in [0.2, 0.25) is 0 Å². The molecule has 0 unspecified atom stereocenters. The first kappa shape index (κ1) is 12.4. The molecule has 0 fully saturated rings. The number of ether oxygens (including phenoxy) is 1. The normalized spacial score (nSPS) is 10.2. The highest BCUT2D eigenvalue weighted by atomic mass is 16.5. The van der Waals surface area contributed by atoms with Gasteiger partial charge < -0.3 is 4.74 Å². The van der Waals surface area contributed by atoms with Gasteiger partial charge in [-0.3, -0.25) is 4.79 Å². The summed E-state index contributed by atoms with van der Waals surface area (Å²) in [5.74, 6) is 0.645. The van der Waals surface area contributed by atoms with Gasteiger partial charge in [-0.05, 0) is 31.0 Å². The van der Waals surface area contributed by atoms with Crippen molar-refractivity contribution in [2.45, 2.75) is 13.8 Å². The van der Waals surface area contributed by atoms with Crippen molar-refractivity contribution in [3.05, 3.63) is 64.7 Å². The van der Waals surface area contributed by atoms with Crippen molar-refractivity contribution in [2.75, 3.05) is 7.11 Å². The number of carbonyl (C=O) groups is 1. The van der Waals surface area contributed by atoms with E-state index in [1.54, 1.807) is 7.11 Å². The molecule has 92 valence electrons. The van der Waals surface area contributed by atoms with E-state index in [0.29, 0.717) is 11.3 Å². The minimum atomic E-state index is 0.0167. The number of hydrogen-bond donors (Lipinski definition) is 0. The number of methoxy groups -OCH3 is 1. The van der Waals surface area contributed by atoms with Crippen molar-refractivity contribution in [3.63, 3.8) is 0 Å². The number of aryl methyl sites for hydroxylation is 2. The van der Waals surface area contributed by atoms with Crippen LogP contribution in [0, 0.1) is 13.8 Å². The van der Waals surface area contributed by atoms with Crippen LogP contribution in [0.25, 0.3) is 0 Å². The molecule has 2 rings (SSSR count). The lowest BCUT2D eigenvalue weighted by molar-refractivity contribution is 0.103. The summed E-state index contributed by atoms with van der Waals surface area (Å²) >= 11 is 0. The topological polar surface area (TPSA) is 26.3 Å². The molecular weight excluding hydrogens is 224 g/mol. The van der Waals surface area contributed by atoms with E-state index in [4.69, 9.17) is 4.74 Å². The molecule has 0 bridgehead atoms. The Kier molecular flexibility index (Phi) is 3.47. The maximum Gasteiger partial charge on any atom is 0.197 e. The van der Waals surface area contributed by atoms with Crippen LogP contribution in [0.5, 0.6) is 5.75 Å². The summed E-state index contributed by atoms with van der Waals surface area (Å²) in [4.78, 5) is 12.6. The predicted molar refractivity (Wildman–Crippen MR) is 72.3 cm³/mol. The lowest BCUT2D eigenvalue weighted by Crippen LogP contribution is -2.07. The van der Waals surface area contributed by atoms with Crippen LogP contribution in [0.4, 0.5) is 0 Å². The number of benzene rings is 2. The fraction of sp³-hybridized carbons (Fsp3) is 0.188. The van der Waals surface area contributed by atoms with Gasteiger partial charge in [-0.2, -0.15) is 0 Å². The SMILES string of the molecule is COc1cccc(C)c1C(=O)c1ccccc1C. The molecule has 0 saturated heterocycles. The summed E-state index contributed by atoms with van der Waals surface area (Å²) in [5, 5.41) is 0. The van der Waals surface area contributed by atoms with Crippen molar-refractivity contribution < 1.29 is 9.53 Å². The molecule has 0 aliphatic rings. The van der Waals surface area contributed by atoms with Crippen LogP contribution >= 0.6 is 0 Å². The maximum atomic E-state index is 12.6. The monoisotopic (exact) mass is 240 g/mol. The molecule has 2 nitrogen and oxygen atoms in total. The minimum absolute atomic E-state index is 0.0167. The molecule has 0 spiro atoms. The average molecular weight is 240 g/mol. The lowest BCUT2D eigenvalue weighted by atomic mass is 9.95. The number of ketones is 1. The first-order chi connectivity index (χ1) is 8.65. The van der Waals surface area contributed by atoms with Gasteiger partial charge in [-0.15, -0.1) is 0 Å². The molecule has 0 aliphatic heterocycles. The zero-order chi connectivity index (χ0) is 13.1. The molecule has 18 heavy (non-hydrogen) atoms. The molecule has 0 N–H and O–H groups in total. The van der Waals surface area contributed by atoms with Gasteiger partial charge in [0.1, 0.15) is 5.75 Å². The summed E-state index contributed by atoms with van der Waals surface area (Å²) in [6.07, 6.45) is 0. The summed E-state index contributed by atoms with van der Waals surface area (Å²) in [7, 11) is 1.59. The molecule has 2 heteroatoms. The van der Waals surface area contributed by atoms with Crippen molar-refractivity contribution in [1.82, 2.24) is 0 Å². The highest BCUT2D eigenvalue weighted by molar-refractivity contribution is 6.12. The Morgan fingerprint density at radius 3 is 2.28 bits per heavy atom. The van der Waals surface area contributed by atoms with Crippen molar-refractivity contribution >= 4 is 5.78 Å². The standard InChI is InChI=1S/C16H16O2/c1-11-7-4-5-9-13(11)16(17)15-12(2)8-6-10-14(15)18-3/h4-10H,1-3H3. The van der Waals surface area contributed by atoms with Crippen LogP contribution in [0.1, 0.15) is 27.0 Å². The molecule has 0 aromatic heterocycles. The van der Waals surface area contributed by atoms with Gasteiger partial charge in [0.05, 0.1) is 12.7 Å². The Morgan fingerprint density at radius 1 is 0.944 bits per heavy atom. The van der Waals surface area contributed by atoms with E-state index in [2.05, 4.69) is 0 Å². The van der Waals surface area contributed by atoms with Gasteiger partial charge in [0.25, 0.3) is 0 Å². The Balaban J connectivity index is 2.56. The highest BCUT2D eigenvalue weighted by Crippen LogP contribution is 2.25. The smallest absolute Gasteiger partial charge is 0.197 e. The fourth-order valence-electron chi connectivity index (χ4n) is 2.06. The van der Waals surface area contributed by atoms with Crippen LogP contribution in [0.15, 0.2) is 42.5 Å². The average Bonchev–Trinajstić information content (AvgIpc) is 2.38. The van der Waals surface area contributed by atoms with E-state index >= 15 is 0 Å². The third-order valence-corrected chi connectivity index (χ3v) is 3.07. The van der Waals surface area contributed by atoms with E-state index in [9.17, 15) is 4.79 Å². The molecule has 0 atom stereocenters. The molecule has 2 aromatic rings. The summed E-state index contributed by atoms with van der Waals surface area (Å²) in [5.41, 5.74) is 3.29. The predicted octanol–water partition coefficient (Wildman–Crippen LogP) is 3.54. The van der Waals surface area contributed by atoms with Gasteiger partial charge in [0, 0.05) is 5.56 Å². The third-order valence-electron chi connectivity index (χ3n) is 3.07. The summed E-state index contributed by atoms with van der Waals surface area (Å²) in [6, 6.07) is 13.2. The first-order valence-corrected chi connectivity index (χ1v) is 5.89. The first-order valence-electron chi connectivity index (χ1n) is 5.89. The van der Waals surface area contributed by atoms with E-state index in [1.807, 2.05) is 56.3 Å². The Morgan fingerprint density at radius 2 is 1.61 bits per heavy atom. The van der Waals surface area contributed by atoms with Crippen LogP contribution in [-0.4, -0.2) is 12.9 Å². The fourth-order valence-corrected chi connectivity index (χ4v) is 2.06. The Hall–Kier alpha value is -2.09. The summed E-state index contributed by atoms with van der Waals surface area (Å²) in [6.45, 7) is 3.87. The second-order valence-electron chi connectivity index (χ2n) is 4.30. The third kappa shape index (κ3) is 2.14. The molecule has 0 aliphatic carbocycles. The molecular formula is C16H16O2. The largest absolute Gasteiger partial charge is 0.496 e. The molecule has 0 saturated carbocycles. The van der Waals surface area contributed by atoms with Crippen molar-refractivity contribution in [1.29, 1.82) is 0 Å². The van der Waals surface area contributed by atoms with E-state index in [1.165, 1.54) is 0 Å². The molecule has 0 radical (unpaired) electrons. The van der Waals surface area contributed by atoms with Gasteiger partial charge in [-0.1, -0.05) is 36.4 Å². The molecule has 2 aromatic carbocycles. The quantitative estimate of drug-likeness (QED) is 0.767. The van der Waals surface area contributed by atoms with Gasteiger partial charge in [0.15, 0.2) is 5.78 Å². The lowest BCUT2D eigenvalue weighted by Gasteiger charge is -2.11. The van der Waals surface area contributed by atoms with Crippen LogP contribution < -0.4 is 4.74 Å². The van der Waals surface area contributed by atoms with Crippen LogP contribution in [-0.2, 0) is 0 Å². The van der Waals surface area contributed by atoms with Crippen molar-refractivity contribution in [2.24, 2.45) is 0 Å². The van der Waals surface area contributed by atoms with E-state index in [0.717, 1.165) is 16.7 Å². The van der Waals surface area contributed by atoms with E-state index < -0.39 is 0 Å². The highest BCUT2D eigenvalue weighted by Gasteiger charge is 2.17. The van der Waals surface area contributed by atoms with Gasteiger partial charge in [-0.25, -0.2) is 0 Å². The van der Waals surface area contributed by atoms with Crippen LogP contribution in [0.3, 0.4) is 0 Å². The summed E-state index contributed by atoms with van der Waals surface area (Å²) < 4.78 is 5.29. The van der Waals surface area contributed by atoms with E-state index in [-0.39, 0.29) is 5.78 Å².